The van der Waals surface area contributed by atoms with E-state index in [0.717, 1.165) is 0 Å². The van der Waals surface area contributed by atoms with E-state index in [0.29, 0.717) is 13.2 Å². The van der Waals surface area contributed by atoms with E-state index in [4.69, 9.17) is 9.84 Å². The molecule has 0 spiro atoms. The molecule has 0 aliphatic heterocycles. The van der Waals surface area contributed by atoms with E-state index in [1.165, 1.54) is 10.5 Å². The molecule has 0 aliphatic rings. The van der Waals surface area contributed by atoms with Crippen LogP contribution in [-0.2, 0) is 10.2 Å². The van der Waals surface area contributed by atoms with Gasteiger partial charge in [-0.2, -0.15) is 0 Å². The molecule has 2 nitrogen and oxygen atoms in total. The van der Waals surface area contributed by atoms with Crippen molar-refractivity contribution in [3.8, 4) is 0 Å². The van der Waals surface area contributed by atoms with Gasteiger partial charge in [-0.15, -0.1) is 11.8 Å². The maximum Gasteiger partial charge on any atom is 0.0698 e. The summed E-state index contributed by atoms with van der Waals surface area (Å²) in [4.78, 5) is 1.27. The first-order valence-electron chi connectivity index (χ1n) is 5.43. The van der Waals surface area contributed by atoms with Gasteiger partial charge in [0.15, 0.2) is 0 Å². The van der Waals surface area contributed by atoms with Gasteiger partial charge in [-0.1, -0.05) is 26.0 Å². The summed E-state index contributed by atoms with van der Waals surface area (Å²) in [6, 6.07) is 8.56. The summed E-state index contributed by atoms with van der Waals surface area (Å²) in [5.41, 5.74) is 1.26. The van der Waals surface area contributed by atoms with Gasteiger partial charge in [0.1, 0.15) is 0 Å². The van der Waals surface area contributed by atoms with Crippen LogP contribution in [-0.4, -0.2) is 31.2 Å². The lowest BCUT2D eigenvalue weighted by molar-refractivity contribution is 0.0642. The van der Waals surface area contributed by atoms with Gasteiger partial charge in [-0.25, -0.2) is 0 Å². The molecule has 0 atom stereocenters. The lowest BCUT2D eigenvalue weighted by atomic mass is 9.86. The van der Waals surface area contributed by atoms with Crippen LogP contribution in [0.4, 0.5) is 0 Å². The third-order valence-corrected chi connectivity index (χ3v) is 3.31. The highest BCUT2D eigenvalue weighted by Gasteiger charge is 2.20. The molecule has 0 saturated carbocycles. The van der Waals surface area contributed by atoms with Gasteiger partial charge < -0.3 is 9.84 Å². The molecule has 1 aromatic carbocycles. The average molecular weight is 240 g/mol. The second-order valence-electron chi connectivity index (χ2n) is 4.39. The van der Waals surface area contributed by atoms with E-state index in [9.17, 15) is 0 Å². The van der Waals surface area contributed by atoms with E-state index >= 15 is 0 Å². The van der Waals surface area contributed by atoms with Crippen LogP contribution >= 0.6 is 11.8 Å². The Bertz CT molecular complexity index is 306. The fourth-order valence-electron chi connectivity index (χ4n) is 1.52. The van der Waals surface area contributed by atoms with Crippen LogP contribution in [0.2, 0.25) is 0 Å². The van der Waals surface area contributed by atoms with Gasteiger partial charge in [0.25, 0.3) is 0 Å². The molecule has 1 rings (SSSR count). The summed E-state index contributed by atoms with van der Waals surface area (Å²) in [5, 5.41) is 8.67. The summed E-state index contributed by atoms with van der Waals surface area (Å²) in [7, 11) is 0. The monoisotopic (exact) mass is 240 g/mol. The van der Waals surface area contributed by atoms with E-state index in [1.807, 2.05) is 0 Å². The quantitative estimate of drug-likeness (QED) is 0.612. The zero-order valence-electron chi connectivity index (χ0n) is 10.2. The molecule has 0 aliphatic carbocycles. The van der Waals surface area contributed by atoms with Gasteiger partial charge >= 0.3 is 0 Å². The van der Waals surface area contributed by atoms with Gasteiger partial charge in [0, 0.05) is 10.3 Å². The van der Waals surface area contributed by atoms with Crippen molar-refractivity contribution >= 4 is 11.8 Å². The van der Waals surface area contributed by atoms with E-state index < -0.39 is 0 Å². The summed E-state index contributed by atoms with van der Waals surface area (Å²) in [6.45, 7) is 5.43. The van der Waals surface area contributed by atoms with Crippen LogP contribution in [0.1, 0.15) is 19.4 Å². The predicted molar refractivity (Wildman–Crippen MR) is 69.2 cm³/mol. The van der Waals surface area contributed by atoms with Crippen molar-refractivity contribution in [1.29, 1.82) is 0 Å². The maximum atomic E-state index is 8.67. The van der Waals surface area contributed by atoms with Gasteiger partial charge in [-0.05, 0) is 24.0 Å². The molecule has 0 heterocycles. The van der Waals surface area contributed by atoms with Gasteiger partial charge in [-0.3, -0.25) is 0 Å². The Hall–Kier alpha value is -0.510. The Morgan fingerprint density at radius 3 is 2.38 bits per heavy atom. The van der Waals surface area contributed by atoms with Gasteiger partial charge in [0.05, 0.1) is 19.8 Å². The molecule has 0 amide bonds. The minimum absolute atomic E-state index is 0.00783. The van der Waals surface area contributed by atoms with Crippen LogP contribution in [0.25, 0.3) is 0 Å². The van der Waals surface area contributed by atoms with Crippen LogP contribution in [0.3, 0.4) is 0 Å². The standard InChI is InChI=1S/C13H20O2S/c1-13(2,10-15-9-8-14)11-4-6-12(16-3)7-5-11/h4-7,14H,8-10H2,1-3H3. The molecule has 3 heteroatoms. The fourth-order valence-corrected chi connectivity index (χ4v) is 1.93. The molecule has 0 unspecified atom stereocenters. The van der Waals surface area contributed by atoms with Crippen LogP contribution < -0.4 is 0 Å². The third-order valence-electron chi connectivity index (χ3n) is 2.57. The van der Waals surface area contributed by atoms with Crippen molar-refractivity contribution in [2.24, 2.45) is 0 Å². The minimum atomic E-state index is -0.00783. The Morgan fingerprint density at radius 1 is 1.25 bits per heavy atom. The highest BCUT2D eigenvalue weighted by molar-refractivity contribution is 7.98. The van der Waals surface area contributed by atoms with E-state index in [2.05, 4.69) is 44.4 Å². The smallest absolute Gasteiger partial charge is 0.0698 e. The fraction of sp³-hybridized carbons (Fsp3) is 0.538. The zero-order valence-corrected chi connectivity index (χ0v) is 11.0. The van der Waals surface area contributed by atoms with Crippen LogP contribution in [0, 0.1) is 0 Å². The molecule has 90 valence electrons. The second kappa shape index (κ2) is 6.28. The molecule has 1 aromatic rings. The first kappa shape index (κ1) is 13.6. The molecule has 0 aromatic heterocycles. The van der Waals surface area contributed by atoms with Crippen molar-refractivity contribution in [3.05, 3.63) is 29.8 Å². The normalized spacial score (nSPS) is 11.8. The average Bonchev–Trinajstić information content (AvgIpc) is 2.29. The number of rotatable bonds is 6. The largest absolute Gasteiger partial charge is 0.394 e. The number of thioether (sulfide) groups is 1. The van der Waals surface area contributed by atoms with Crippen molar-refractivity contribution < 1.29 is 9.84 Å². The first-order chi connectivity index (χ1) is 7.60. The number of ether oxygens (including phenoxy) is 1. The molecule has 1 N–H and O–H groups in total. The molecular formula is C13H20O2S. The predicted octanol–water partition coefficient (Wildman–Crippen LogP) is 2.70. The van der Waals surface area contributed by atoms with Crippen LogP contribution in [0.5, 0.6) is 0 Å². The number of aliphatic hydroxyl groups excluding tert-OH is 1. The Labute approximate surface area is 102 Å². The molecule has 0 saturated heterocycles. The maximum absolute atomic E-state index is 8.67. The SMILES string of the molecule is CSc1ccc(C(C)(C)COCCO)cc1. The second-order valence-corrected chi connectivity index (χ2v) is 5.27. The zero-order chi connectivity index (χ0) is 12.0. The minimum Gasteiger partial charge on any atom is -0.394 e. The Morgan fingerprint density at radius 2 is 1.88 bits per heavy atom. The molecule has 16 heavy (non-hydrogen) atoms. The number of hydrogen-bond acceptors (Lipinski definition) is 3. The van der Waals surface area contributed by atoms with E-state index in [1.54, 1.807) is 11.8 Å². The highest BCUT2D eigenvalue weighted by atomic mass is 32.2. The molecular weight excluding hydrogens is 220 g/mol. The lowest BCUT2D eigenvalue weighted by Gasteiger charge is -2.25. The molecule has 0 bridgehead atoms. The lowest BCUT2D eigenvalue weighted by Crippen LogP contribution is -2.25. The van der Waals surface area contributed by atoms with Crippen molar-refractivity contribution in [3.63, 3.8) is 0 Å². The summed E-state index contributed by atoms with van der Waals surface area (Å²) < 4.78 is 5.40. The first-order valence-corrected chi connectivity index (χ1v) is 6.66. The van der Waals surface area contributed by atoms with E-state index in [-0.39, 0.29) is 12.0 Å². The Balaban J connectivity index is 2.65. The Kier molecular flexibility index (Phi) is 5.32. The highest BCUT2D eigenvalue weighted by Crippen LogP contribution is 2.25. The van der Waals surface area contributed by atoms with Crippen LogP contribution in [0.15, 0.2) is 29.2 Å². The third kappa shape index (κ3) is 3.81. The number of aliphatic hydroxyl groups is 1. The van der Waals surface area contributed by atoms with Crippen molar-refractivity contribution in [2.45, 2.75) is 24.2 Å². The van der Waals surface area contributed by atoms with Crippen molar-refractivity contribution in [2.75, 3.05) is 26.1 Å². The number of benzene rings is 1. The van der Waals surface area contributed by atoms with Gasteiger partial charge in [0.2, 0.25) is 0 Å². The number of hydrogen-bond donors (Lipinski definition) is 1. The summed E-state index contributed by atoms with van der Waals surface area (Å²) in [6.07, 6.45) is 2.07. The molecule has 0 fully saturated rings. The topological polar surface area (TPSA) is 29.5 Å². The van der Waals surface area contributed by atoms with Crippen molar-refractivity contribution in [1.82, 2.24) is 0 Å². The summed E-state index contributed by atoms with van der Waals surface area (Å²) in [5.74, 6) is 0. The summed E-state index contributed by atoms with van der Waals surface area (Å²) >= 11 is 1.75. The molecule has 0 radical (unpaired) electrons.